The lowest BCUT2D eigenvalue weighted by atomic mass is 9.97. The van der Waals surface area contributed by atoms with E-state index in [0.717, 1.165) is 34.2 Å². The van der Waals surface area contributed by atoms with Gasteiger partial charge in [-0.1, -0.05) is 62.7 Å². The van der Waals surface area contributed by atoms with E-state index < -0.39 is 50.6 Å². The predicted molar refractivity (Wildman–Crippen MR) is 185 cm³/mol. The average molecular weight is 697 g/mol. The van der Waals surface area contributed by atoms with Gasteiger partial charge >= 0.3 is 6.18 Å². The molecule has 1 amide bonds. The number of carbonyl (C=O) groups is 1. The van der Waals surface area contributed by atoms with Crippen molar-refractivity contribution in [1.82, 2.24) is 15.2 Å². The molecular formula is C37H43F3N4O4S. The van der Waals surface area contributed by atoms with E-state index in [-0.39, 0.29) is 12.1 Å². The number of amides is 1. The van der Waals surface area contributed by atoms with E-state index in [4.69, 9.17) is 0 Å². The van der Waals surface area contributed by atoms with Gasteiger partial charge in [0, 0.05) is 43.3 Å². The summed E-state index contributed by atoms with van der Waals surface area (Å²) in [6.45, 7) is 4.34. The molecule has 3 N–H and O–H groups in total. The lowest BCUT2D eigenvalue weighted by Gasteiger charge is -2.28. The fraction of sp³-hybridized carbons (Fsp3) is 0.432. The number of aromatic nitrogens is 1. The van der Waals surface area contributed by atoms with Gasteiger partial charge in [0.05, 0.1) is 28.9 Å². The normalized spacial score (nSPS) is 18.2. The second kappa shape index (κ2) is 13.4. The zero-order chi connectivity index (χ0) is 35.1. The molecule has 1 aliphatic heterocycles. The lowest BCUT2D eigenvalue weighted by molar-refractivity contribution is -0.137. The van der Waals surface area contributed by atoms with Gasteiger partial charge in [0.1, 0.15) is 4.75 Å². The topological polar surface area (TPSA) is 104 Å². The van der Waals surface area contributed by atoms with E-state index in [1.54, 1.807) is 25.2 Å². The molecule has 1 fully saturated rings. The van der Waals surface area contributed by atoms with Crippen LogP contribution in [0.15, 0.2) is 72.9 Å². The van der Waals surface area contributed by atoms with Crippen LogP contribution >= 0.6 is 0 Å². The molecule has 2 heterocycles. The van der Waals surface area contributed by atoms with Crippen LogP contribution in [0.1, 0.15) is 78.2 Å². The highest BCUT2D eigenvalue weighted by atomic mass is 32.2. The summed E-state index contributed by atoms with van der Waals surface area (Å²) in [5.74, 6) is -0.466. The highest BCUT2D eigenvalue weighted by Crippen LogP contribution is 2.51. The number of nitrogens with one attached hydrogen (secondary N) is 2. The monoisotopic (exact) mass is 696 g/mol. The SMILES string of the molecule is CCC[C@H](NC[C@@H](O)[C@H](Cc1ccccc1)NC(=O)c1cc2c3c(c1)c(CC)cn3CC1(CC1)S(=O)(=O)N2C)c1cccc(C(F)(F)F)c1. The number of hydrogen-bond acceptors (Lipinski definition) is 5. The Morgan fingerprint density at radius 2 is 1.78 bits per heavy atom. The third-order valence-electron chi connectivity index (χ3n) is 10.0. The first-order valence-electron chi connectivity index (χ1n) is 16.9. The number of aryl methyl sites for hydroxylation is 1. The van der Waals surface area contributed by atoms with Gasteiger partial charge in [-0.3, -0.25) is 9.10 Å². The molecule has 49 heavy (non-hydrogen) atoms. The molecule has 6 rings (SSSR count). The van der Waals surface area contributed by atoms with Crippen LogP contribution in [0.25, 0.3) is 10.9 Å². The summed E-state index contributed by atoms with van der Waals surface area (Å²) in [6.07, 6.45) is -0.181. The summed E-state index contributed by atoms with van der Waals surface area (Å²) in [6, 6.07) is 16.8. The van der Waals surface area contributed by atoms with Crippen molar-refractivity contribution in [3.63, 3.8) is 0 Å². The van der Waals surface area contributed by atoms with Gasteiger partial charge < -0.3 is 20.3 Å². The number of halogens is 3. The lowest BCUT2D eigenvalue weighted by Crippen LogP contribution is -2.49. The minimum atomic E-state index is -4.48. The number of aliphatic hydroxyl groups is 1. The van der Waals surface area contributed by atoms with Crippen LogP contribution in [0, 0.1) is 0 Å². The molecular weight excluding hydrogens is 653 g/mol. The summed E-state index contributed by atoms with van der Waals surface area (Å²) in [5.41, 5.74) is 3.12. The van der Waals surface area contributed by atoms with Crippen molar-refractivity contribution in [1.29, 1.82) is 0 Å². The molecule has 3 atom stereocenters. The number of rotatable bonds is 12. The van der Waals surface area contributed by atoms with Gasteiger partial charge in [-0.2, -0.15) is 13.2 Å². The van der Waals surface area contributed by atoms with Crippen LogP contribution < -0.4 is 14.9 Å². The van der Waals surface area contributed by atoms with Crippen LogP contribution in [0.3, 0.4) is 0 Å². The fourth-order valence-corrected chi connectivity index (χ4v) is 8.95. The maximum atomic E-state index is 14.0. The maximum absolute atomic E-state index is 14.0. The highest BCUT2D eigenvalue weighted by molar-refractivity contribution is 7.94. The maximum Gasteiger partial charge on any atom is 0.416 e. The van der Waals surface area contributed by atoms with E-state index >= 15 is 0 Å². The molecule has 1 aromatic heterocycles. The number of anilines is 1. The van der Waals surface area contributed by atoms with Crippen molar-refractivity contribution >= 4 is 32.5 Å². The van der Waals surface area contributed by atoms with Gasteiger partial charge in [0.2, 0.25) is 10.0 Å². The molecule has 4 aromatic rings. The van der Waals surface area contributed by atoms with Crippen molar-refractivity contribution in [3.05, 3.63) is 101 Å². The molecule has 0 saturated heterocycles. The molecule has 0 bridgehead atoms. The Bertz CT molecular complexity index is 1940. The van der Waals surface area contributed by atoms with Crippen LogP contribution in [0.5, 0.6) is 0 Å². The smallest absolute Gasteiger partial charge is 0.390 e. The fourth-order valence-electron chi connectivity index (χ4n) is 7.05. The molecule has 0 unspecified atom stereocenters. The molecule has 3 aromatic carbocycles. The number of benzene rings is 3. The number of aliphatic hydroxyl groups excluding tert-OH is 1. The molecule has 8 nitrogen and oxygen atoms in total. The van der Waals surface area contributed by atoms with E-state index in [2.05, 4.69) is 10.6 Å². The number of alkyl halides is 3. The first-order chi connectivity index (χ1) is 23.3. The predicted octanol–water partition coefficient (Wildman–Crippen LogP) is 6.37. The molecule has 0 radical (unpaired) electrons. The van der Waals surface area contributed by atoms with Crippen molar-refractivity contribution in [2.45, 2.75) is 88.0 Å². The summed E-state index contributed by atoms with van der Waals surface area (Å²) < 4.78 is 70.3. The van der Waals surface area contributed by atoms with E-state index in [1.165, 1.54) is 10.4 Å². The molecule has 262 valence electrons. The largest absolute Gasteiger partial charge is 0.416 e. The number of hydrogen-bond donors (Lipinski definition) is 3. The van der Waals surface area contributed by atoms with Crippen LogP contribution in [0.2, 0.25) is 0 Å². The molecule has 1 saturated carbocycles. The average Bonchev–Trinajstić information content (AvgIpc) is 3.81. The van der Waals surface area contributed by atoms with Crippen molar-refractivity contribution in [2.75, 3.05) is 17.9 Å². The van der Waals surface area contributed by atoms with E-state index in [9.17, 15) is 31.5 Å². The summed E-state index contributed by atoms with van der Waals surface area (Å²) >= 11 is 0. The van der Waals surface area contributed by atoms with E-state index in [0.29, 0.717) is 56.3 Å². The van der Waals surface area contributed by atoms with Gasteiger partial charge in [0.25, 0.3) is 5.91 Å². The Labute approximate surface area is 285 Å². The van der Waals surface area contributed by atoms with E-state index in [1.807, 2.05) is 54.9 Å². The minimum Gasteiger partial charge on any atom is -0.390 e. The van der Waals surface area contributed by atoms with Gasteiger partial charge in [0.15, 0.2) is 0 Å². The van der Waals surface area contributed by atoms with Gasteiger partial charge in [-0.15, -0.1) is 0 Å². The number of nitrogens with zero attached hydrogens (tertiary/aromatic N) is 2. The Morgan fingerprint density at radius 1 is 1.04 bits per heavy atom. The Morgan fingerprint density at radius 3 is 2.43 bits per heavy atom. The molecule has 1 spiro atoms. The van der Waals surface area contributed by atoms with Crippen molar-refractivity contribution in [2.24, 2.45) is 0 Å². The zero-order valence-electron chi connectivity index (χ0n) is 27.9. The third-order valence-corrected chi connectivity index (χ3v) is 12.6. The summed E-state index contributed by atoms with van der Waals surface area (Å²) in [7, 11) is -2.13. The minimum absolute atomic E-state index is 0.00880. The molecule has 12 heteroatoms. The molecule has 2 aliphatic rings. The summed E-state index contributed by atoms with van der Waals surface area (Å²) in [4.78, 5) is 14.0. The van der Waals surface area contributed by atoms with Crippen molar-refractivity contribution < 1.29 is 31.5 Å². The number of sulfonamides is 1. The Hall–Kier alpha value is -3.87. The van der Waals surface area contributed by atoms with Crippen LogP contribution in [-0.4, -0.2) is 54.5 Å². The second-order valence-corrected chi connectivity index (χ2v) is 15.8. The standard InChI is InChI=1S/C37H43F3N4O4S/c1-4-10-30(26-13-9-14-28(18-26)37(38,39)40)41-21-33(45)31(17-24-11-7-6-8-12-24)42-35(46)27-19-29-25(5-2)22-44-23-36(15-16-36)49(47,48)43(3)32(20-27)34(29)44/h6-9,11-14,18-20,22,30-31,33,41,45H,4-5,10,15-17,21,23H2,1-3H3,(H,42,46)/t30-,31-,33+/m0/s1. The first kappa shape index (κ1) is 35.0. The first-order valence-corrected chi connectivity index (χ1v) is 18.3. The highest BCUT2D eigenvalue weighted by Gasteiger charge is 2.58. The van der Waals surface area contributed by atoms with Gasteiger partial charge in [-0.25, -0.2) is 8.42 Å². The Kier molecular flexibility index (Phi) is 9.60. The quantitative estimate of drug-likeness (QED) is 0.160. The van der Waals surface area contributed by atoms with Crippen molar-refractivity contribution in [3.8, 4) is 0 Å². The third kappa shape index (κ3) is 6.82. The number of carbonyl (C=O) groups excluding carboxylic acids is 1. The Balaban J connectivity index is 1.29. The zero-order valence-corrected chi connectivity index (χ0v) is 28.7. The van der Waals surface area contributed by atoms with Crippen LogP contribution in [-0.2, 0) is 35.6 Å². The van der Waals surface area contributed by atoms with Gasteiger partial charge in [-0.05, 0) is 73.1 Å². The second-order valence-electron chi connectivity index (χ2n) is 13.4. The molecule has 1 aliphatic carbocycles. The van der Waals surface area contributed by atoms with Crippen LogP contribution in [0.4, 0.5) is 18.9 Å². The summed E-state index contributed by atoms with van der Waals surface area (Å²) in [5, 5.41) is 18.6.